The van der Waals surface area contributed by atoms with Gasteiger partial charge < -0.3 is 29.2 Å². The van der Waals surface area contributed by atoms with Gasteiger partial charge in [0, 0.05) is 18.4 Å². The van der Waals surface area contributed by atoms with Gasteiger partial charge >= 0.3 is 5.97 Å². The maximum Gasteiger partial charge on any atom is 0.313 e. The summed E-state index contributed by atoms with van der Waals surface area (Å²) in [4.78, 5) is 13.3. The van der Waals surface area contributed by atoms with Crippen molar-refractivity contribution in [2.45, 2.75) is 56.5 Å². The van der Waals surface area contributed by atoms with Crippen LogP contribution in [0.3, 0.4) is 0 Å². The van der Waals surface area contributed by atoms with Gasteiger partial charge in [-0.05, 0) is 30.7 Å². The summed E-state index contributed by atoms with van der Waals surface area (Å²) in [5.74, 6) is -0.682. The Balaban J connectivity index is 1.61. The van der Waals surface area contributed by atoms with Gasteiger partial charge in [-0.15, -0.1) is 0 Å². The van der Waals surface area contributed by atoms with E-state index in [4.69, 9.17) is 13.9 Å². The number of esters is 1. The minimum atomic E-state index is -0.990. The lowest BCUT2D eigenvalue weighted by atomic mass is 9.39. The van der Waals surface area contributed by atoms with Gasteiger partial charge in [0.2, 0.25) is 0 Å². The van der Waals surface area contributed by atoms with E-state index < -0.39 is 34.7 Å². The van der Waals surface area contributed by atoms with Crippen LogP contribution in [0.15, 0.2) is 23.0 Å². The van der Waals surface area contributed by atoms with Gasteiger partial charge in [-0.1, -0.05) is 6.92 Å². The van der Waals surface area contributed by atoms with Crippen molar-refractivity contribution in [1.82, 2.24) is 0 Å². The Morgan fingerprint density at radius 3 is 2.70 bits per heavy atom. The number of rotatable bonds is 2. The molecule has 27 heavy (non-hydrogen) atoms. The summed E-state index contributed by atoms with van der Waals surface area (Å²) in [6.07, 6.45) is 3.00. The number of ether oxygens (including phenoxy) is 2. The average molecular weight is 378 g/mol. The molecule has 0 unspecified atom stereocenters. The number of carbonyl (C=O) groups excluding carboxylic acids is 1. The summed E-state index contributed by atoms with van der Waals surface area (Å²) >= 11 is 0. The molecular formula is C20H26O7. The van der Waals surface area contributed by atoms with Crippen molar-refractivity contribution in [3.05, 3.63) is 24.2 Å². The Bertz CT molecular complexity index is 744. The van der Waals surface area contributed by atoms with Gasteiger partial charge in [0.15, 0.2) is 0 Å². The number of aliphatic hydroxyl groups excluding tert-OH is 3. The zero-order valence-electron chi connectivity index (χ0n) is 15.3. The van der Waals surface area contributed by atoms with Crippen molar-refractivity contribution in [1.29, 1.82) is 0 Å². The second-order valence-corrected chi connectivity index (χ2v) is 8.98. The Labute approximate surface area is 157 Å². The lowest BCUT2D eigenvalue weighted by molar-refractivity contribution is -0.382. The molecule has 3 N–H and O–H groups in total. The molecule has 2 saturated carbocycles. The van der Waals surface area contributed by atoms with Crippen LogP contribution in [0.1, 0.15) is 44.3 Å². The molecule has 2 aliphatic carbocycles. The van der Waals surface area contributed by atoms with Crippen LogP contribution in [0.4, 0.5) is 0 Å². The molecule has 4 fully saturated rings. The molecule has 148 valence electrons. The zero-order valence-corrected chi connectivity index (χ0v) is 15.3. The van der Waals surface area contributed by atoms with E-state index in [1.807, 2.05) is 6.92 Å². The molecule has 1 aromatic heterocycles. The van der Waals surface area contributed by atoms with E-state index in [9.17, 15) is 20.1 Å². The van der Waals surface area contributed by atoms with Crippen molar-refractivity contribution in [2.75, 3.05) is 13.2 Å². The highest BCUT2D eigenvalue weighted by molar-refractivity contribution is 5.81. The minimum Gasteiger partial charge on any atom is -0.472 e. The molecule has 5 rings (SSSR count). The molecule has 4 aliphatic rings. The molecule has 7 heteroatoms. The van der Waals surface area contributed by atoms with Crippen molar-refractivity contribution in [3.63, 3.8) is 0 Å². The van der Waals surface area contributed by atoms with E-state index >= 15 is 0 Å². The van der Waals surface area contributed by atoms with Gasteiger partial charge in [0.1, 0.15) is 11.7 Å². The molecule has 7 nitrogen and oxygen atoms in total. The summed E-state index contributed by atoms with van der Waals surface area (Å²) in [5, 5.41) is 31.8. The van der Waals surface area contributed by atoms with Crippen molar-refractivity contribution in [3.8, 4) is 0 Å². The van der Waals surface area contributed by atoms with Gasteiger partial charge in [0.05, 0.1) is 48.8 Å². The second-order valence-electron chi connectivity index (χ2n) is 8.98. The summed E-state index contributed by atoms with van der Waals surface area (Å²) < 4.78 is 16.8. The van der Waals surface area contributed by atoms with Crippen molar-refractivity contribution >= 4 is 5.97 Å². The molecule has 1 aromatic rings. The number of hydrogen-bond acceptors (Lipinski definition) is 7. The third kappa shape index (κ3) is 1.93. The summed E-state index contributed by atoms with van der Waals surface area (Å²) in [6, 6.07) is 1.80. The predicted molar refractivity (Wildman–Crippen MR) is 91.3 cm³/mol. The van der Waals surface area contributed by atoms with Crippen molar-refractivity contribution in [2.24, 2.45) is 22.7 Å². The molecule has 2 spiro atoms. The number of furan rings is 1. The van der Waals surface area contributed by atoms with Crippen LogP contribution in [0.2, 0.25) is 0 Å². The highest BCUT2D eigenvalue weighted by atomic mass is 16.6. The van der Waals surface area contributed by atoms with Crippen LogP contribution < -0.4 is 0 Å². The molecule has 2 saturated heterocycles. The van der Waals surface area contributed by atoms with E-state index in [1.54, 1.807) is 18.6 Å². The first-order chi connectivity index (χ1) is 12.9. The van der Waals surface area contributed by atoms with Gasteiger partial charge in [-0.2, -0.15) is 0 Å². The number of fused-ring (bicyclic) bond motifs is 1. The molecule has 8 atom stereocenters. The smallest absolute Gasteiger partial charge is 0.313 e. The number of cyclic esters (lactones) is 1. The first-order valence-electron chi connectivity index (χ1n) is 9.74. The highest BCUT2D eigenvalue weighted by Gasteiger charge is 2.78. The van der Waals surface area contributed by atoms with Crippen LogP contribution >= 0.6 is 0 Å². The zero-order chi connectivity index (χ0) is 19.0. The normalized spacial score (nSPS) is 51.4. The lowest BCUT2D eigenvalue weighted by Gasteiger charge is -2.71. The molecule has 0 radical (unpaired) electrons. The fourth-order valence-electron chi connectivity index (χ4n) is 6.72. The molecule has 0 bridgehead atoms. The van der Waals surface area contributed by atoms with Crippen LogP contribution in [-0.2, 0) is 14.3 Å². The predicted octanol–water partition coefficient (Wildman–Crippen LogP) is 1.17. The van der Waals surface area contributed by atoms with Gasteiger partial charge in [-0.25, -0.2) is 0 Å². The molecule has 0 amide bonds. The van der Waals surface area contributed by atoms with Crippen LogP contribution in [0.25, 0.3) is 0 Å². The van der Waals surface area contributed by atoms with E-state index in [1.165, 1.54) is 0 Å². The maximum atomic E-state index is 13.3. The Hall–Kier alpha value is -1.41. The SMILES string of the molecule is C[C@H]1C[C@@H](O)[C@@]23CO[C@]2(CO)C[C@@H](O)C[C@H]3[C@]12C[C@@H](c1ccoc1)OC2=O. The summed E-state index contributed by atoms with van der Waals surface area (Å²) in [5.41, 5.74) is -1.71. The average Bonchev–Trinajstić information content (AvgIpc) is 3.24. The lowest BCUT2D eigenvalue weighted by Crippen LogP contribution is -2.80. The van der Waals surface area contributed by atoms with Crippen LogP contribution in [0, 0.1) is 22.7 Å². The monoisotopic (exact) mass is 378 g/mol. The molecule has 3 heterocycles. The van der Waals surface area contributed by atoms with Gasteiger partial charge in [-0.3, -0.25) is 4.79 Å². The Morgan fingerprint density at radius 1 is 1.26 bits per heavy atom. The van der Waals surface area contributed by atoms with Crippen LogP contribution in [-0.4, -0.2) is 52.3 Å². The standard InChI is InChI=1S/C20H26O7/c1-11-4-16(23)20-10-26-18(20,9-21)6-13(22)5-15(20)19(11)7-14(27-17(19)24)12-2-3-25-8-12/h2-3,8,11,13-16,21-23H,4-7,9-10H2,1H3/t11-,13-,14-,15-,16+,18-,19-,20-/m0/s1. The van der Waals surface area contributed by atoms with Crippen molar-refractivity contribution < 1.29 is 34.0 Å². The maximum absolute atomic E-state index is 13.3. The number of hydrogen-bond donors (Lipinski definition) is 3. The van der Waals surface area contributed by atoms with E-state index in [0.29, 0.717) is 25.9 Å². The number of carbonyl (C=O) groups is 1. The summed E-state index contributed by atoms with van der Waals surface area (Å²) in [6.45, 7) is 2.00. The first kappa shape index (κ1) is 17.7. The topological polar surface area (TPSA) is 109 Å². The molecule has 0 aromatic carbocycles. The number of aliphatic hydroxyl groups is 3. The first-order valence-corrected chi connectivity index (χ1v) is 9.74. The molecule has 2 aliphatic heterocycles. The highest BCUT2D eigenvalue weighted by Crippen LogP contribution is 2.71. The van der Waals surface area contributed by atoms with E-state index in [2.05, 4.69) is 0 Å². The van der Waals surface area contributed by atoms with Crippen LogP contribution in [0.5, 0.6) is 0 Å². The largest absolute Gasteiger partial charge is 0.472 e. The second kappa shape index (κ2) is 5.56. The minimum absolute atomic E-state index is 0.102. The van der Waals surface area contributed by atoms with Gasteiger partial charge in [0.25, 0.3) is 0 Å². The molecular weight excluding hydrogens is 352 g/mol. The fourth-order valence-corrected chi connectivity index (χ4v) is 6.72. The third-order valence-corrected chi connectivity index (χ3v) is 8.13. The summed E-state index contributed by atoms with van der Waals surface area (Å²) in [7, 11) is 0. The Morgan fingerprint density at radius 2 is 2.07 bits per heavy atom. The third-order valence-electron chi connectivity index (χ3n) is 8.13. The van der Waals surface area contributed by atoms with E-state index in [-0.39, 0.29) is 30.8 Å². The Kier molecular flexibility index (Phi) is 3.64. The van der Waals surface area contributed by atoms with E-state index in [0.717, 1.165) is 5.56 Å². The quantitative estimate of drug-likeness (QED) is 0.663. The fraction of sp³-hybridized carbons (Fsp3) is 0.750.